The van der Waals surface area contributed by atoms with Gasteiger partial charge in [-0.05, 0) is 31.2 Å². The molecule has 1 heterocycles. The van der Waals surface area contributed by atoms with Gasteiger partial charge >= 0.3 is 6.01 Å². The van der Waals surface area contributed by atoms with Crippen molar-refractivity contribution in [2.75, 3.05) is 11.9 Å². The molecule has 0 saturated carbocycles. The van der Waals surface area contributed by atoms with E-state index in [2.05, 4.69) is 20.8 Å². The summed E-state index contributed by atoms with van der Waals surface area (Å²) in [5.74, 6) is 0.273. The van der Waals surface area contributed by atoms with E-state index < -0.39 is 0 Å². The van der Waals surface area contributed by atoms with Crippen LogP contribution >= 0.6 is 0 Å². The first kappa shape index (κ1) is 13.5. The second-order valence-corrected chi connectivity index (χ2v) is 4.21. The first-order valence-corrected chi connectivity index (χ1v) is 6.24. The summed E-state index contributed by atoms with van der Waals surface area (Å²) in [7, 11) is 0. The highest BCUT2D eigenvalue weighted by molar-refractivity contribution is 5.24. The Kier molecular flexibility index (Phi) is 4.46. The first-order chi connectivity index (χ1) is 9.19. The molecule has 0 saturated heterocycles. The van der Waals surface area contributed by atoms with Crippen LogP contribution in [0.5, 0.6) is 0 Å². The Balaban J connectivity index is 1.93. The van der Waals surface area contributed by atoms with Crippen molar-refractivity contribution in [3.05, 3.63) is 41.5 Å². The molecule has 0 aliphatic rings. The van der Waals surface area contributed by atoms with E-state index in [0.717, 1.165) is 12.1 Å². The Morgan fingerprint density at radius 3 is 2.95 bits per heavy atom. The summed E-state index contributed by atoms with van der Waals surface area (Å²) in [6.45, 7) is 5.23. The van der Waals surface area contributed by atoms with Crippen LogP contribution in [0.1, 0.15) is 31.3 Å². The number of hydrogen-bond donors (Lipinski definition) is 2. The quantitative estimate of drug-likeness (QED) is 0.839. The lowest BCUT2D eigenvalue weighted by atomic mass is 10.2. The second kappa shape index (κ2) is 6.29. The molecule has 102 valence electrons. The number of benzene rings is 1. The lowest BCUT2D eigenvalue weighted by Crippen LogP contribution is -2.17. The minimum absolute atomic E-state index is 0.0159. The average molecular weight is 264 g/mol. The Bertz CT molecular complexity index is 529. The van der Waals surface area contributed by atoms with Crippen LogP contribution in [0.4, 0.5) is 10.4 Å². The van der Waals surface area contributed by atoms with Gasteiger partial charge in [0.2, 0.25) is 5.89 Å². The SMILES string of the molecule is CCNC(C)c1nnc(NCc2cccc(F)c2)o1. The molecule has 0 radical (unpaired) electrons. The summed E-state index contributed by atoms with van der Waals surface area (Å²) in [6, 6.07) is 6.72. The van der Waals surface area contributed by atoms with Gasteiger partial charge in [-0.2, -0.15) is 0 Å². The third-order valence-electron chi connectivity index (χ3n) is 2.65. The van der Waals surface area contributed by atoms with Crippen LogP contribution in [0.15, 0.2) is 28.7 Å². The fraction of sp³-hybridized carbons (Fsp3) is 0.385. The largest absolute Gasteiger partial charge is 0.406 e. The van der Waals surface area contributed by atoms with Crippen molar-refractivity contribution in [3.63, 3.8) is 0 Å². The highest BCUT2D eigenvalue weighted by atomic mass is 19.1. The Morgan fingerprint density at radius 2 is 2.21 bits per heavy atom. The average Bonchev–Trinajstić information content (AvgIpc) is 2.86. The number of halogens is 1. The summed E-state index contributed by atoms with van der Waals surface area (Å²) < 4.78 is 18.5. The van der Waals surface area contributed by atoms with Crippen molar-refractivity contribution in [1.29, 1.82) is 0 Å². The summed E-state index contributed by atoms with van der Waals surface area (Å²) in [4.78, 5) is 0. The van der Waals surface area contributed by atoms with Crippen LogP contribution in [0.2, 0.25) is 0 Å². The zero-order valence-electron chi connectivity index (χ0n) is 11.0. The number of rotatable bonds is 6. The van der Waals surface area contributed by atoms with Crippen LogP contribution in [0.25, 0.3) is 0 Å². The normalized spacial score (nSPS) is 12.4. The highest BCUT2D eigenvalue weighted by Gasteiger charge is 2.12. The molecular weight excluding hydrogens is 247 g/mol. The van der Waals surface area contributed by atoms with Crippen molar-refractivity contribution in [3.8, 4) is 0 Å². The Hall–Kier alpha value is -1.95. The van der Waals surface area contributed by atoms with Crippen molar-refractivity contribution in [1.82, 2.24) is 15.5 Å². The molecule has 1 aromatic carbocycles. The van der Waals surface area contributed by atoms with Crippen molar-refractivity contribution < 1.29 is 8.81 Å². The topological polar surface area (TPSA) is 63.0 Å². The highest BCUT2D eigenvalue weighted by Crippen LogP contribution is 2.14. The molecule has 0 aliphatic heterocycles. The third-order valence-corrected chi connectivity index (χ3v) is 2.65. The van der Waals surface area contributed by atoms with E-state index in [9.17, 15) is 4.39 Å². The molecule has 1 aromatic heterocycles. The van der Waals surface area contributed by atoms with E-state index in [1.165, 1.54) is 12.1 Å². The zero-order valence-corrected chi connectivity index (χ0v) is 11.0. The monoisotopic (exact) mass is 264 g/mol. The Morgan fingerprint density at radius 1 is 1.37 bits per heavy atom. The number of hydrogen-bond acceptors (Lipinski definition) is 5. The third kappa shape index (κ3) is 3.75. The minimum atomic E-state index is -0.258. The predicted molar refractivity (Wildman–Crippen MR) is 70.1 cm³/mol. The van der Waals surface area contributed by atoms with E-state index >= 15 is 0 Å². The van der Waals surface area contributed by atoms with Gasteiger partial charge in [0.15, 0.2) is 0 Å². The first-order valence-electron chi connectivity index (χ1n) is 6.24. The van der Waals surface area contributed by atoms with Crippen LogP contribution in [-0.2, 0) is 6.54 Å². The zero-order chi connectivity index (χ0) is 13.7. The molecule has 0 bridgehead atoms. The van der Waals surface area contributed by atoms with Gasteiger partial charge in [-0.3, -0.25) is 0 Å². The molecule has 2 rings (SSSR count). The summed E-state index contributed by atoms with van der Waals surface area (Å²) >= 11 is 0. The van der Waals surface area contributed by atoms with E-state index in [0.29, 0.717) is 18.5 Å². The number of nitrogens with one attached hydrogen (secondary N) is 2. The van der Waals surface area contributed by atoms with Gasteiger partial charge in [-0.15, -0.1) is 5.10 Å². The Labute approximate surface area is 111 Å². The lowest BCUT2D eigenvalue weighted by molar-refractivity contribution is 0.428. The molecule has 19 heavy (non-hydrogen) atoms. The van der Waals surface area contributed by atoms with Gasteiger partial charge in [0.05, 0.1) is 6.04 Å². The standard InChI is InChI=1S/C13H17FN4O/c1-3-15-9(2)12-17-18-13(19-12)16-8-10-5-4-6-11(14)7-10/h4-7,9,15H,3,8H2,1-2H3,(H,16,18). The molecule has 0 fully saturated rings. The lowest BCUT2D eigenvalue weighted by Gasteiger charge is -2.06. The smallest absolute Gasteiger partial charge is 0.315 e. The van der Waals surface area contributed by atoms with Crippen molar-refractivity contribution >= 4 is 6.01 Å². The maximum Gasteiger partial charge on any atom is 0.315 e. The van der Waals surface area contributed by atoms with Gasteiger partial charge < -0.3 is 15.1 Å². The van der Waals surface area contributed by atoms with Gasteiger partial charge in [0, 0.05) is 6.54 Å². The number of aromatic nitrogens is 2. The van der Waals surface area contributed by atoms with Gasteiger partial charge in [-0.25, -0.2) is 4.39 Å². The molecule has 5 nitrogen and oxygen atoms in total. The number of nitrogens with zero attached hydrogens (tertiary/aromatic N) is 2. The van der Waals surface area contributed by atoms with E-state index in [-0.39, 0.29) is 11.9 Å². The van der Waals surface area contributed by atoms with Gasteiger partial charge in [0.25, 0.3) is 0 Å². The summed E-state index contributed by atoms with van der Waals surface area (Å²) in [6.07, 6.45) is 0. The maximum atomic E-state index is 13.0. The minimum Gasteiger partial charge on any atom is -0.406 e. The van der Waals surface area contributed by atoms with E-state index in [1.807, 2.05) is 19.9 Å². The van der Waals surface area contributed by atoms with Crippen LogP contribution in [0.3, 0.4) is 0 Å². The molecule has 2 N–H and O–H groups in total. The molecule has 0 aliphatic carbocycles. The molecule has 6 heteroatoms. The fourth-order valence-corrected chi connectivity index (χ4v) is 1.70. The van der Waals surface area contributed by atoms with Crippen molar-refractivity contribution in [2.45, 2.75) is 26.4 Å². The molecular formula is C13H17FN4O. The van der Waals surface area contributed by atoms with Crippen LogP contribution in [-0.4, -0.2) is 16.7 Å². The van der Waals surface area contributed by atoms with Crippen LogP contribution in [0, 0.1) is 5.82 Å². The molecule has 1 atom stereocenters. The van der Waals surface area contributed by atoms with Gasteiger partial charge in [0.1, 0.15) is 5.82 Å². The van der Waals surface area contributed by atoms with Gasteiger partial charge in [-0.1, -0.05) is 24.2 Å². The molecule has 2 aromatic rings. The van der Waals surface area contributed by atoms with Crippen molar-refractivity contribution in [2.24, 2.45) is 0 Å². The molecule has 1 unspecified atom stereocenters. The second-order valence-electron chi connectivity index (χ2n) is 4.21. The van der Waals surface area contributed by atoms with E-state index in [1.54, 1.807) is 6.07 Å². The maximum absolute atomic E-state index is 13.0. The summed E-state index contributed by atoms with van der Waals surface area (Å²) in [5.41, 5.74) is 0.819. The van der Waals surface area contributed by atoms with E-state index in [4.69, 9.17) is 4.42 Å². The molecule has 0 spiro atoms. The number of anilines is 1. The summed E-state index contributed by atoms with van der Waals surface area (Å²) in [5, 5.41) is 14.0. The predicted octanol–water partition coefficient (Wildman–Crippen LogP) is 2.49. The fourth-order valence-electron chi connectivity index (χ4n) is 1.70. The van der Waals surface area contributed by atoms with Crippen LogP contribution < -0.4 is 10.6 Å². The molecule has 0 amide bonds.